The van der Waals surface area contributed by atoms with Crippen LogP contribution in [0.15, 0.2) is 60.7 Å². The number of fused-ring (bicyclic) bond motifs is 1. The molecule has 106 valence electrons. The summed E-state index contributed by atoms with van der Waals surface area (Å²) in [7, 11) is 1.70. The highest BCUT2D eigenvalue weighted by atomic mass is 127. The van der Waals surface area contributed by atoms with Gasteiger partial charge in [0.2, 0.25) is 0 Å². The minimum absolute atomic E-state index is 0.207. The molecule has 3 aromatic rings. The van der Waals surface area contributed by atoms with E-state index in [1.807, 2.05) is 6.07 Å². The molecule has 0 aliphatic carbocycles. The molecule has 0 saturated heterocycles. The maximum Gasteiger partial charge on any atom is 0.119 e. The highest BCUT2D eigenvalue weighted by Crippen LogP contribution is 2.33. The average Bonchev–Trinajstić information content (AvgIpc) is 2.53. The zero-order valence-electron chi connectivity index (χ0n) is 11.5. The van der Waals surface area contributed by atoms with E-state index in [9.17, 15) is 0 Å². The first-order valence-electron chi connectivity index (χ1n) is 6.64. The predicted octanol–water partition coefficient (Wildman–Crippen LogP) is 5.94. The smallest absolute Gasteiger partial charge is 0.119 e. The number of hydrogen-bond acceptors (Lipinski definition) is 1. The Kier molecular flexibility index (Phi) is 4.50. The first kappa shape index (κ1) is 14.9. The maximum absolute atomic E-state index is 5.27. The van der Waals surface area contributed by atoms with Crippen LogP contribution in [-0.2, 0) is 0 Å². The van der Waals surface area contributed by atoms with Gasteiger partial charge < -0.3 is 4.74 Å². The van der Waals surface area contributed by atoms with Crippen LogP contribution in [0.1, 0.15) is 16.0 Å². The second kappa shape index (κ2) is 6.36. The molecular weight excluding hydrogens is 439 g/mol. The number of ether oxygens (including phenoxy) is 1. The van der Waals surface area contributed by atoms with Crippen LogP contribution >= 0.6 is 38.5 Å². The molecule has 0 radical (unpaired) electrons. The fourth-order valence-corrected chi connectivity index (χ4v) is 3.52. The van der Waals surface area contributed by atoms with Gasteiger partial charge in [0.25, 0.3) is 0 Å². The summed E-state index contributed by atoms with van der Waals surface area (Å²) in [6.45, 7) is 0. The fourth-order valence-electron chi connectivity index (χ4n) is 2.38. The summed E-state index contributed by atoms with van der Waals surface area (Å²) in [4.78, 5) is 0.207. The Morgan fingerprint density at radius 2 is 1.62 bits per heavy atom. The largest absolute Gasteiger partial charge is 0.497 e. The molecule has 1 nitrogen and oxygen atoms in total. The van der Waals surface area contributed by atoms with Gasteiger partial charge in [-0.2, -0.15) is 0 Å². The average molecular weight is 453 g/mol. The number of alkyl halides is 1. The van der Waals surface area contributed by atoms with Crippen LogP contribution in [0.4, 0.5) is 0 Å². The number of rotatable bonds is 3. The van der Waals surface area contributed by atoms with Gasteiger partial charge in [0.15, 0.2) is 0 Å². The van der Waals surface area contributed by atoms with Crippen molar-refractivity contribution in [2.75, 3.05) is 7.11 Å². The lowest BCUT2D eigenvalue weighted by atomic mass is 10.0. The van der Waals surface area contributed by atoms with Gasteiger partial charge in [-0.05, 0) is 74.8 Å². The molecular formula is C18H14BrIO. The predicted molar refractivity (Wildman–Crippen MR) is 100 cm³/mol. The summed E-state index contributed by atoms with van der Waals surface area (Å²) in [6.07, 6.45) is 0. The fraction of sp³-hybridized carbons (Fsp3) is 0.111. The van der Waals surface area contributed by atoms with Crippen molar-refractivity contribution in [3.05, 3.63) is 75.4 Å². The third-order valence-electron chi connectivity index (χ3n) is 3.51. The molecule has 3 heteroatoms. The molecule has 0 saturated carbocycles. The van der Waals surface area contributed by atoms with E-state index in [1.165, 1.54) is 25.5 Å². The van der Waals surface area contributed by atoms with E-state index in [2.05, 4.69) is 93.1 Å². The Morgan fingerprint density at radius 1 is 0.905 bits per heavy atom. The van der Waals surface area contributed by atoms with Gasteiger partial charge >= 0.3 is 0 Å². The van der Waals surface area contributed by atoms with Crippen molar-refractivity contribution in [1.82, 2.24) is 0 Å². The molecule has 1 unspecified atom stereocenters. The van der Waals surface area contributed by atoms with Gasteiger partial charge in [0.1, 0.15) is 5.75 Å². The highest BCUT2D eigenvalue weighted by molar-refractivity contribution is 14.1. The third kappa shape index (κ3) is 3.24. The molecule has 0 N–H and O–H groups in total. The van der Waals surface area contributed by atoms with Crippen molar-refractivity contribution in [2.24, 2.45) is 0 Å². The van der Waals surface area contributed by atoms with E-state index in [4.69, 9.17) is 4.74 Å². The Morgan fingerprint density at radius 3 is 2.38 bits per heavy atom. The lowest BCUT2D eigenvalue weighted by Crippen LogP contribution is -1.93. The molecule has 21 heavy (non-hydrogen) atoms. The Balaban J connectivity index is 2.00. The van der Waals surface area contributed by atoms with Gasteiger partial charge in [-0.3, -0.25) is 0 Å². The van der Waals surface area contributed by atoms with Crippen molar-refractivity contribution < 1.29 is 4.74 Å². The molecule has 0 bridgehead atoms. The lowest BCUT2D eigenvalue weighted by Gasteiger charge is -2.12. The lowest BCUT2D eigenvalue weighted by molar-refractivity contribution is 0.415. The van der Waals surface area contributed by atoms with Gasteiger partial charge in [-0.25, -0.2) is 0 Å². The SMILES string of the molecule is COc1ccc2cc(C(Br)c3cccc(I)c3)ccc2c1. The number of hydrogen-bond donors (Lipinski definition) is 0. The van der Waals surface area contributed by atoms with E-state index in [-0.39, 0.29) is 4.83 Å². The first-order chi connectivity index (χ1) is 10.2. The van der Waals surface area contributed by atoms with Crippen LogP contribution in [0.2, 0.25) is 0 Å². The summed E-state index contributed by atoms with van der Waals surface area (Å²) in [5.74, 6) is 0.892. The molecule has 0 aliphatic rings. The summed E-state index contributed by atoms with van der Waals surface area (Å²) in [6, 6.07) is 21.3. The summed E-state index contributed by atoms with van der Waals surface area (Å²) in [5, 5.41) is 2.42. The normalized spacial score (nSPS) is 12.3. The Hall–Kier alpha value is -1.07. The summed E-state index contributed by atoms with van der Waals surface area (Å²) < 4.78 is 6.52. The second-order valence-electron chi connectivity index (χ2n) is 4.89. The van der Waals surface area contributed by atoms with Crippen molar-refractivity contribution >= 4 is 49.3 Å². The molecule has 0 amide bonds. The molecule has 0 aliphatic heterocycles. The summed E-state index contributed by atoms with van der Waals surface area (Å²) in [5.41, 5.74) is 2.53. The van der Waals surface area contributed by atoms with Crippen molar-refractivity contribution in [2.45, 2.75) is 4.83 Å². The van der Waals surface area contributed by atoms with E-state index in [0.717, 1.165) is 5.75 Å². The Labute approximate surface area is 146 Å². The zero-order valence-corrected chi connectivity index (χ0v) is 15.3. The molecule has 0 aromatic heterocycles. The van der Waals surface area contributed by atoms with Gasteiger partial charge in [-0.15, -0.1) is 0 Å². The molecule has 0 heterocycles. The van der Waals surface area contributed by atoms with E-state index in [0.29, 0.717) is 0 Å². The molecule has 3 rings (SSSR count). The van der Waals surface area contributed by atoms with Crippen LogP contribution in [0.25, 0.3) is 10.8 Å². The minimum Gasteiger partial charge on any atom is -0.497 e. The van der Waals surface area contributed by atoms with Crippen LogP contribution < -0.4 is 4.74 Å². The van der Waals surface area contributed by atoms with Crippen LogP contribution in [0, 0.1) is 3.57 Å². The number of halogens is 2. The second-order valence-corrected chi connectivity index (χ2v) is 7.05. The molecule has 1 atom stereocenters. The monoisotopic (exact) mass is 452 g/mol. The van der Waals surface area contributed by atoms with Crippen molar-refractivity contribution in [3.8, 4) is 5.75 Å². The first-order valence-corrected chi connectivity index (χ1v) is 8.64. The molecule has 3 aromatic carbocycles. The Bertz CT molecular complexity index is 785. The standard InChI is InChI=1S/C18H14BrIO/c1-21-17-8-7-12-9-15(6-5-13(12)11-17)18(19)14-3-2-4-16(20)10-14/h2-11,18H,1H3. The van der Waals surface area contributed by atoms with E-state index >= 15 is 0 Å². The van der Waals surface area contributed by atoms with Gasteiger partial charge in [0, 0.05) is 3.57 Å². The molecule has 0 spiro atoms. The highest BCUT2D eigenvalue weighted by Gasteiger charge is 2.11. The van der Waals surface area contributed by atoms with E-state index in [1.54, 1.807) is 7.11 Å². The quantitative estimate of drug-likeness (QED) is 0.353. The number of benzene rings is 3. The minimum atomic E-state index is 0.207. The van der Waals surface area contributed by atoms with Crippen LogP contribution in [0.3, 0.4) is 0 Å². The van der Waals surface area contributed by atoms with Crippen LogP contribution in [-0.4, -0.2) is 7.11 Å². The van der Waals surface area contributed by atoms with E-state index < -0.39 is 0 Å². The molecule has 0 fully saturated rings. The van der Waals surface area contributed by atoms with Crippen LogP contribution in [0.5, 0.6) is 5.75 Å². The van der Waals surface area contributed by atoms with Crippen molar-refractivity contribution in [3.63, 3.8) is 0 Å². The maximum atomic E-state index is 5.27. The van der Waals surface area contributed by atoms with Gasteiger partial charge in [-0.1, -0.05) is 46.3 Å². The third-order valence-corrected chi connectivity index (χ3v) is 5.23. The number of methoxy groups -OCH3 is 1. The van der Waals surface area contributed by atoms with Gasteiger partial charge in [0.05, 0.1) is 11.9 Å². The summed E-state index contributed by atoms with van der Waals surface area (Å²) >= 11 is 6.16. The van der Waals surface area contributed by atoms with Crippen molar-refractivity contribution in [1.29, 1.82) is 0 Å². The zero-order chi connectivity index (χ0) is 14.8. The topological polar surface area (TPSA) is 9.23 Å².